The molecule has 7 heteroatoms. The zero-order valence-corrected chi connectivity index (χ0v) is 11.0. The van der Waals surface area contributed by atoms with Gasteiger partial charge in [-0.2, -0.15) is 5.26 Å². The smallest absolute Gasteiger partial charge is 0.205 e. The van der Waals surface area contributed by atoms with Crippen molar-refractivity contribution in [3.8, 4) is 6.07 Å². The molecule has 1 aromatic rings. The van der Waals surface area contributed by atoms with Gasteiger partial charge in [-0.1, -0.05) is 11.3 Å². The standard InChI is InChI=1S/C10H17N5OS/c1-12-10-14-13-9(17-10)8-15(5-3-4-11)6-7-16-2/h3,5-8H2,1-2H3,(H,12,14). The molecule has 1 aromatic heterocycles. The third-order valence-corrected chi connectivity index (χ3v) is 3.12. The van der Waals surface area contributed by atoms with Crippen LogP contribution >= 0.6 is 11.3 Å². The molecule has 0 fully saturated rings. The van der Waals surface area contributed by atoms with E-state index in [1.807, 2.05) is 7.05 Å². The van der Waals surface area contributed by atoms with Crippen molar-refractivity contribution in [1.82, 2.24) is 15.1 Å². The highest BCUT2D eigenvalue weighted by Crippen LogP contribution is 2.16. The molecule has 0 atom stereocenters. The molecule has 0 saturated heterocycles. The van der Waals surface area contributed by atoms with Crippen LogP contribution < -0.4 is 5.32 Å². The maximum atomic E-state index is 8.61. The normalized spacial score (nSPS) is 10.5. The van der Waals surface area contributed by atoms with Crippen molar-refractivity contribution in [2.24, 2.45) is 0 Å². The minimum Gasteiger partial charge on any atom is -0.383 e. The minimum atomic E-state index is 0.515. The number of hydrogen-bond acceptors (Lipinski definition) is 7. The predicted molar refractivity (Wildman–Crippen MR) is 66.8 cm³/mol. The third kappa shape index (κ3) is 5.08. The van der Waals surface area contributed by atoms with Crippen LogP contribution in [-0.2, 0) is 11.3 Å². The van der Waals surface area contributed by atoms with Crippen LogP contribution in [0.25, 0.3) is 0 Å². The number of aromatic nitrogens is 2. The fraction of sp³-hybridized carbons (Fsp3) is 0.700. The van der Waals surface area contributed by atoms with E-state index in [4.69, 9.17) is 10.00 Å². The van der Waals surface area contributed by atoms with Crippen LogP contribution in [-0.4, -0.2) is 49.0 Å². The molecule has 1 rings (SSSR count). The summed E-state index contributed by atoms with van der Waals surface area (Å²) in [5.41, 5.74) is 0. The topological polar surface area (TPSA) is 74.1 Å². The van der Waals surface area contributed by atoms with E-state index in [0.29, 0.717) is 19.6 Å². The molecule has 0 spiro atoms. The van der Waals surface area contributed by atoms with Crippen molar-refractivity contribution in [3.63, 3.8) is 0 Å². The van der Waals surface area contributed by atoms with E-state index >= 15 is 0 Å². The van der Waals surface area contributed by atoms with Crippen molar-refractivity contribution in [2.75, 3.05) is 39.2 Å². The maximum Gasteiger partial charge on any atom is 0.205 e. The summed E-state index contributed by atoms with van der Waals surface area (Å²) in [6.45, 7) is 2.90. The fourth-order valence-corrected chi connectivity index (χ4v) is 2.04. The first kappa shape index (κ1) is 13.8. The summed E-state index contributed by atoms with van der Waals surface area (Å²) >= 11 is 1.53. The maximum absolute atomic E-state index is 8.61. The van der Waals surface area contributed by atoms with Gasteiger partial charge in [-0.05, 0) is 0 Å². The Kier molecular flexibility index (Phi) is 6.47. The first-order valence-electron chi connectivity index (χ1n) is 5.38. The van der Waals surface area contributed by atoms with Crippen LogP contribution in [0.1, 0.15) is 11.4 Å². The summed E-state index contributed by atoms with van der Waals surface area (Å²) in [5.74, 6) is 0. The molecule has 0 radical (unpaired) electrons. The fourth-order valence-electron chi connectivity index (χ4n) is 1.31. The van der Waals surface area contributed by atoms with Crippen LogP contribution in [0.15, 0.2) is 0 Å². The highest BCUT2D eigenvalue weighted by molar-refractivity contribution is 7.15. The molecule has 17 heavy (non-hydrogen) atoms. The largest absolute Gasteiger partial charge is 0.383 e. The Morgan fingerprint density at radius 1 is 1.47 bits per heavy atom. The summed E-state index contributed by atoms with van der Waals surface area (Å²) in [6, 6.07) is 2.15. The van der Waals surface area contributed by atoms with Crippen molar-refractivity contribution >= 4 is 16.5 Å². The summed E-state index contributed by atoms with van der Waals surface area (Å²) in [4.78, 5) is 2.15. The van der Waals surface area contributed by atoms with Crippen molar-refractivity contribution < 1.29 is 4.74 Å². The lowest BCUT2D eigenvalue weighted by Gasteiger charge is -2.18. The van der Waals surface area contributed by atoms with E-state index in [9.17, 15) is 0 Å². The van der Waals surface area contributed by atoms with Gasteiger partial charge < -0.3 is 10.1 Å². The molecular formula is C10H17N5OS. The molecule has 6 nitrogen and oxygen atoms in total. The summed E-state index contributed by atoms with van der Waals surface area (Å²) in [7, 11) is 3.50. The number of nitriles is 1. The number of hydrogen-bond donors (Lipinski definition) is 1. The zero-order valence-electron chi connectivity index (χ0n) is 10.1. The quantitative estimate of drug-likeness (QED) is 0.745. The van der Waals surface area contributed by atoms with E-state index in [-0.39, 0.29) is 0 Å². The van der Waals surface area contributed by atoms with Crippen LogP contribution in [0.4, 0.5) is 5.13 Å². The molecule has 94 valence electrons. The lowest BCUT2D eigenvalue weighted by Crippen LogP contribution is -2.27. The van der Waals surface area contributed by atoms with Gasteiger partial charge in [-0.15, -0.1) is 10.2 Å². The van der Waals surface area contributed by atoms with Gasteiger partial charge in [0.25, 0.3) is 0 Å². The predicted octanol–water partition coefficient (Wildman–Crippen LogP) is 0.942. The average molecular weight is 255 g/mol. The number of methoxy groups -OCH3 is 1. The molecule has 0 unspecified atom stereocenters. The number of anilines is 1. The van der Waals surface area contributed by atoms with Gasteiger partial charge in [0.05, 0.1) is 19.2 Å². The Morgan fingerprint density at radius 2 is 2.29 bits per heavy atom. The molecule has 0 aliphatic rings. The van der Waals surface area contributed by atoms with Gasteiger partial charge in [0, 0.05) is 33.7 Å². The summed E-state index contributed by atoms with van der Waals surface area (Å²) in [5, 5.41) is 21.4. The first-order valence-corrected chi connectivity index (χ1v) is 6.20. The number of ether oxygens (including phenoxy) is 1. The van der Waals surface area contributed by atoms with Gasteiger partial charge in [0.15, 0.2) is 0 Å². The lowest BCUT2D eigenvalue weighted by molar-refractivity contribution is 0.145. The third-order valence-electron chi connectivity index (χ3n) is 2.19. The van der Waals surface area contributed by atoms with E-state index < -0.39 is 0 Å². The Bertz CT molecular complexity index is 362. The average Bonchev–Trinajstić information content (AvgIpc) is 2.80. The SMILES string of the molecule is CNc1nnc(CN(CCC#N)CCOC)s1. The molecule has 0 bridgehead atoms. The monoisotopic (exact) mass is 255 g/mol. The van der Waals surface area contributed by atoms with E-state index in [2.05, 4.69) is 26.5 Å². The van der Waals surface area contributed by atoms with Gasteiger partial charge in [-0.25, -0.2) is 0 Å². The van der Waals surface area contributed by atoms with Crippen LogP contribution in [0.2, 0.25) is 0 Å². The summed E-state index contributed by atoms with van der Waals surface area (Å²) < 4.78 is 5.05. The van der Waals surface area contributed by atoms with Crippen LogP contribution in [0, 0.1) is 11.3 Å². The van der Waals surface area contributed by atoms with Gasteiger partial charge in [0.1, 0.15) is 5.01 Å². The zero-order chi connectivity index (χ0) is 12.5. The second-order valence-electron chi connectivity index (χ2n) is 3.43. The Morgan fingerprint density at radius 3 is 2.88 bits per heavy atom. The van der Waals surface area contributed by atoms with Gasteiger partial charge >= 0.3 is 0 Å². The van der Waals surface area contributed by atoms with Crippen molar-refractivity contribution in [3.05, 3.63) is 5.01 Å². The summed E-state index contributed by atoms with van der Waals surface area (Å²) in [6.07, 6.45) is 0.515. The minimum absolute atomic E-state index is 0.515. The lowest BCUT2D eigenvalue weighted by atomic mass is 10.4. The molecule has 0 aliphatic heterocycles. The first-order chi connectivity index (χ1) is 8.30. The van der Waals surface area contributed by atoms with Crippen LogP contribution in [0.3, 0.4) is 0 Å². The van der Waals surface area contributed by atoms with Gasteiger partial charge in [0.2, 0.25) is 5.13 Å². The van der Waals surface area contributed by atoms with Gasteiger partial charge in [-0.3, -0.25) is 4.90 Å². The van der Waals surface area contributed by atoms with Crippen molar-refractivity contribution in [2.45, 2.75) is 13.0 Å². The van der Waals surface area contributed by atoms with Crippen molar-refractivity contribution in [1.29, 1.82) is 5.26 Å². The molecule has 1 N–H and O–H groups in total. The van der Waals surface area contributed by atoms with E-state index in [0.717, 1.165) is 23.2 Å². The Balaban J connectivity index is 2.48. The number of nitrogens with one attached hydrogen (secondary N) is 1. The van der Waals surface area contributed by atoms with E-state index in [1.165, 1.54) is 11.3 Å². The number of nitrogens with zero attached hydrogens (tertiary/aromatic N) is 4. The van der Waals surface area contributed by atoms with Crippen LogP contribution in [0.5, 0.6) is 0 Å². The highest BCUT2D eigenvalue weighted by Gasteiger charge is 2.09. The number of rotatable bonds is 8. The molecule has 0 aliphatic carbocycles. The molecule has 1 heterocycles. The molecular weight excluding hydrogens is 238 g/mol. The molecule has 0 aromatic carbocycles. The highest BCUT2D eigenvalue weighted by atomic mass is 32.1. The van der Waals surface area contributed by atoms with E-state index in [1.54, 1.807) is 7.11 Å². The second kappa shape index (κ2) is 7.95. The Labute approximate surface area is 105 Å². The molecule has 0 saturated carbocycles. The Hall–Kier alpha value is -1.23. The molecule has 0 amide bonds. The second-order valence-corrected chi connectivity index (χ2v) is 4.49.